The molecule has 0 aromatic heterocycles. The fraction of sp³-hybridized carbons (Fsp3) is 0.455. The monoisotopic (exact) mass is 306 g/mol. The highest BCUT2D eigenvalue weighted by atomic mass is 32.2. The van der Waals surface area contributed by atoms with Gasteiger partial charge in [-0.2, -0.15) is 4.31 Å². The van der Waals surface area contributed by atoms with Crippen LogP contribution in [0.3, 0.4) is 0 Å². The van der Waals surface area contributed by atoms with Crippen molar-refractivity contribution in [1.82, 2.24) is 4.31 Å². The van der Waals surface area contributed by atoms with E-state index in [4.69, 9.17) is 5.11 Å². The number of nitrogens with zero attached hydrogens (tertiary/aromatic N) is 2. The van der Waals surface area contributed by atoms with Crippen LogP contribution in [0.15, 0.2) is 23.1 Å². The summed E-state index contributed by atoms with van der Waals surface area (Å²) in [7, 11) is -4.10. The van der Waals surface area contributed by atoms with Crippen LogP contribution >= 0.6 is 0 Å². The normalized spacial score (nSPS) is 11.8. The van der Waals surface area contributed by atoms with Gasteiger partial charge in [-0.05, 0) is 18.6 Å². The van der Waals surface area contributed by atoms with Crippen LogP contribution < -0.4 is 0 Å². The third-order valence-corrected chi connectivity index (χ3v) is 4.68. The summed E-state index contributed by atoms with van der Waals surface area (Å²) in [5, 5.41) is 19.6. The second kappa shape index (κ2) is 6.73. The molecule has 0 bridgehead atoms. The van der Waals surface area contributed by atoms with E-state index in [0.29, 0.717) is 6.07 Å². The molecule has 1 aromatic rings. The summed E-state index contributed by atoms with van der Waals surface area (Å²) in [6.07, 6.45) is 0.210. The average Bonchev–Trinajstić information content (AvgIpc) is 2.38. The number of nitro benzene ring substituents is 1. The number of aliphatic hydroxyl groups is 1. The zero-order valence-electron chi connectivity index (χ0n) is 10.8. The quantitative estimate of drug-likeness (QED) is 0.601. The number of halogens is 1. The van der Waals surface area contributed by atoms with Crippen LogP contribution in [0.1, 0.15) is 13.3 Å². The van der Waals surface area contributed by atoms with Crippen molar-refractivity contribution in [2.75, 3.05) is 19.7 Å². The summed E-state index contributed by atoms with van der Waals surface area (Å²) in [6.45, 7) is 1.50. The highest BCUT2D eigenvalue weighted by molar-refractivity contribution is 7.89. The molecule has 1 aromatic carbocycles. The second-order valence-corrected chi connectivity index (χ2v) is 5.85. The number of hydrogen-bond acceptors (Lipinski definition) is 5. The van der Waals surface area contributed by atoms with Gasteiger partial charge in [-0.3, -0.25) is 10.1 Å². The number of benzene rings is 1. The Labute approximate surface area is 115 Å². The predicted molar refractivity (Wildman–Crippen MR) is 69.2 cm³/mol. The van der Waals surface area contributed by atoms with Gasteiger partial charge in [-0.1, -0.05) is 6.92 Å². The highest BCUT2D eigenvalue weighted by Gasteiger charge is 2.30. The zero-order chi connectivity index (χ0) is 15.3. The Kier molecular flexibility index (Phi) is 5.54. The fourth-order valence-corrected chi connectivity index (χ4v) is 3.31. The molecular formula is C11H15FN2O5S. The van der Waals surface area contributed by atoms with Gasteiger partial charge in [-0.25, -0.2) is 12.8 Å². The fourth-order valence-electron chi connectivity index (χ4n) is 1.69. The van der Waals surface area contributed by atoms with Gasteiger partial charge < -0.3 is 5.11 Å². The molecule has 7 nitrogen and oxygen atoms in total. The van der Waals surface area contributed by atoms with Gasteiger partial charge >= 0.3 is 0 Å². The largest absolute Gasteiger partial charge is 0.396 e. The van der Waals surface area contributed by atoms with Crippen molar-refractivity contribution in [3.8, 4) is 0 Å². The van der Waals surface area contributed by atoms with Crippen molar-refractivity contribution < 1.29 is 22.8 Å². The van der Waals surface area contributed by atoms with Crippen LogP contribution in [-0.4, -0.2) is 42.4 Å². The third kappa shape index (κ3) is 3.50. The minimum atomic E-state index is -4.10. The number of hydrogen-bond donors (Lipinski definition) is 1. The van der Waals surface area contributed by atoms with E-state index in [1.165, 1.54) is 0 Å². The molecule has 0 radical (unpaired) electrons. The topological polar surface area (TPSA) is 101 Å². The molecule has 0 saturated carbocycles. The Morgan fingerprint density at radius 3 is 2.60 bits per heavy atom. The first-order chi connectivity index (χ1) is 9.34. The minimum Gasteiger partial charge on any atom is -0.396 e. The van der Waals surface area contributed by atoms with Crippen molar-refractivity contribution in [2.24, 2.45) is 0 Å². The Balaban J connectivity index is 3.30. The van der Waals surface area contributed by atoms with Crippen molar-refractivity contribution in [2.45, 2.75) is 18.2 Å². The smallest absolute Gasteiger partial charge is 0.292 e. The van der Waals surface area contributed by atoms with Gasteiger partial charge in [0.25, 0.3) is 5.69 Å². The average molecular weight is 306 g/mol. The molecule has 0 aliphatic carbocycles. The Morgan fingerprint density at radius 2 is 2.10 bits per heavy atom. The first-order valence-corrected chi connectivity index (χ1v) is 7.33. The molecule has 0 amide bonds. The third-order valence-electron chi connectivity index (χ3n) is 2.65. The van der Waals surface area contributed by atoms with Crippen molar-refractivity contribution in [3.05, 3.63) is 34.1 Å². The summed E-state index contributed by atoms with van der Waals surface area (Å²) in [5.41, 5.74) is -0.799. The molecule has 0 atom stereocenters. The molecule has 0 saturated heterocycles. The summed E-state index contributed by atoms with van der Waals surface area (Å²) in [4.78, 5) is 9.37. The van der Waals surface area contributed by atoms with Crippen LogP contribution in [-0.2, 0) is 10.0 Å². The molecular weight excluding hydrogens is 291 g/mol. The van der Waals surface area contributed by atoms with Gasteiger partial charge in [0.05, 0.1) is 11.0 Å². The lowest BCUT2D eigenvalue weighted by atomic mass is 10.3. The second-order valence-electron chi connectivity index (χ2n) is 3.94. The molecule has 0 aliphatic rings. The molecule has 0 unspecified atom stereocenters. The van der Waals surface area contributed by atoms with E-state index >= 15 is 0 Å². The van der Waals surface area contributed by atoms with Gasteiger partial charge in [0.2, 0.25) is 10.0 Å². The van der Waals surface area contributed by atoms with Gasteiger partial charge in [0.1, 0.15) is 5.82 Å². The van der Waals surface area contributed by atoms with Crippen LogP contribution in [0.2, 0.25) is 0 Å². The Hall–Kier alpha value is -1.58. The molecule has 112 valence electrons. The summed E-state index contributed by atoms with van der Waals surface area (Å²) < 4.78 is 38.7. The molecule has 1 N–H and O–H groups in total. The number of sulfonamides is 1. The van der Waals surface area contributed by atoms with E-state index in [2.05, 4.69) is 0 Å². The number of rotatable bonds is 7. The lowest BCUT2D eigenvalue weighted by molar-refractivity contribution is -0.388. The summed E-state index contributed by atoms with van der Waals surface area (Å²) >= 11 is 0. The maximum atomic E-state index is 13.0. The van der Waals surface area contributed by atoms with E-state index in [1.807, 2.05) is 0 Å². The first-order valence-electron chi connectivity index (χ1n) is 5.89. The number of nitro groups is 1. The zero-order valence-corrected chi connectivity index (χ0v) is 11.6. The van der Waals surface area contributed by atoms with Crippen molar-refractivity contribution in [1.29, 1.82) is 0 Å². The van der Waals surface area contributed by atoms with Crippen LogP contribution in [0.5, 0.6) is 0 Å². The molecule has 20 heavy (non-hydrogen) atoms. The Bertz CT molecular complexity index is 590. The molecule has 0 heterocycles. The molecule has 0 fully saturated rings. The first kappa shape index (κ1) is 16.5. The van der Waals surface area contributed by atoms with Gasteiger partial charge in [0, 0.05) is 19.7 Å². The molecule has 0 spiro atoms. The van der Waals surface area contributed by atoms with E-state index in [1.54, 1.807) is 6.92 Å². The van der Waals surface area contributed by atoms with E-state index < -0.39 is 31.3 Å². The summed E-state index contributed by atoms with van der Waals surface area (Å²) in [5.74, 6) is -0.881. The van der Waals surface area contributed by atoms with E-state index in [0.717, 1.165) is 16.4 Å². The van der Waals surface area contributed by atoms with E-state index in [-0.39, 0.29) is 26.1 Å². The maximum absolute atomic E-state index is 13.0. The maximum Gasteiger partial charge on any atom is 0.292 e. The van der Waals surface area contributed by atoms with Gasteiger partial charge in [-0.15, -0.1) is 0 Å². The summed E-state index contributed by atoms with van der Waals surface area (Å²) in [6, 6.07) is 2.32. The van der Waals surface area contributed by atoms with Crippen LogP contribution in [0.25, 0.3) is 0 Å². The standard InChI is InChI=1S/C11H15FN2O5S/c1-2-13(6-3-7-15)20(18,19)11-5-4-9(12)8-10(11)14(16)17/h4-5,8,15H,2-3,6-7H2,1H3. The minimum absolute atomic E-state index is 0.0316. The number of aliphatic hydroxyl groups excluding tert-OH is 1. The lowest BCUT2D eigenvalue weighted by Crippen LogP contribution is -2.32. The molecule has 9 heteroatoms. The van der Waals surface area contributed by atoms with Crippen LogP contribution in [0, 0.1) is 15.9 Å². The highest BCUT2D eigenvalue weighted by Crippen LogP contribution is 2.27. The van der Waals surface area contributed by atoms with Crippen molar-refractivity contribution in [3.63, 3.8) is 0 Å². The Morgan fingerprint density at radius 1 is 1.45 bits per heavy atom. The van der Waals surface area contributed by atoms with Crippen LogP contribution in [0.4, 0.5) is 10.1 Å². The SMILES string of the molecule is CCN(CCCO)S(=O)(=O)c1ccc(F)cc1[N+](=O)[O-]. The van der Waals surface area contributed by atoms with E-state index in [9.17, 15) is 22.9 Å². The predicted octanol–water partition coefficient (Wildman–Crippen LogP) is 1.13. The van der Waals surface area contributed by atoms with Gasteiger partial charge in [0.15, 0.2) is 4.90 Å². The molecule has 0 aliphatic heterocycles. The van der Waals surface area contributed by atoms with Crippen molar-refractivity contribution >= 4 is 15.7 Å². The molecule has 1 rings (SSSR count). The lowest BCUT2D eigenvalue weighted by Gasteiger charge is -2.19.